The number of nitrogens with zero attached hydrogens (tertiary/aromatic N) is 2. The Hall–Kier alpha value is -3.88. The summed E-state index contributed by atoms with van der Waals surface area (Å²) in [7, 11) is 0. The minimum atomic E-state index is -1.12. The van der Waals surface area contributed by atoms with Gasteiger partial charge < -0.3 is 5.32 Å². The van der Waals surface area contributed by atoms with Gasteiger partial charge in [0.15, 0.2) is 11.6 Å². The average Bonchev–Trinajstić information content (AvgIpc) is 2.69. The second-order valence-electron chi connectivity index (χ2n) is 6.81. The Morgan fingerprint density at radius 3 is 2.35 bits per heavy atom. The second-order valence-corrected chi connectivity index (χ2v) is 6.81. The molecule has 0 aromatic heterocycles. The molecular formula is C22H13F4N3O2. The number of carbonyl (C=O) groups excluding carboxylic acids is 2. The normalized spacial score (nSPS) is 19.9. The number of rotatable bonds is 3. The quantitative estimate of drug-likeness (QED) is 0.761. The van der Waals surface area contributed by atoms with E-state index in [0.29, 0.717) is 12.1 Å². The molecule has 9 heteroatoms. The second kappa shape index (κ2) is 8.10. The molecule has 2 aromatic carbocycles. The van der Waals surface area contributed by atoms with Crippen LogP contribution in [-0.4, -0.2) is 29.7 Å². The SMILES string of the molecule is O=C1CC(=NC2C=NC=C(c3ccc(F)cc3F)C2=O)NC=C1c1cc(F)cc(F)c1. The Kier molecular flexibility index (Phi) is 5.33. The summed E-state index contributed by atoms with van der Waals surface area (Å²) in [6, 6.07) is 4.45. The lowest BCUT2D eigenvalue weighted by Gasteiger charge is -2.19. The third kappa shape index (κ3) is 4.20. The maximum Gasteiger partial charge on any atom is 0.195 e. The van der Waals surface area contributed by atoms with Gasteiger partial charge in [-0.25, -0.2) is 17.6 Å². The van der Waals surface area contributed by atoms with Crippen molar-refractivity contribution in [3.63, 3.8) is 0 Å². The number of nitrogens with one attached hydrogen (secondary N) is 1. The van der Waals surface area contributed by atoms with E-state index in [4.69, 9.17) is 0 Å². The first kappa shape index (κ1) is 20.4. The fourth-order valence-electron chi connectivity index (χ4n) is 3.23. The first-order chi connectivity index (χ1) is 14.8. The summed E-state index contributed by atoms with van der Waals surface area (Å²) in [5.74, 6) is -4.23. The van der Waals surface area contributed by atoms with Gasteiger partial charge in [-0.15, -0.1) is 0 Å². The van der Waals surface area contributed by atoms with Crippen molar-refractivity contribution in [2.45, 2.75) is 12.5 Å². The molecule has 1 atom stereocenters. The molecule has 4 rings (SSSR count). The van der Waals surface area contributed by atoms with Gasteiger partial charge in [-0.05, 0) is 29.8 Å². The van der Waals surface area contributed by atoms with Crippen LogP contribution in [0.2, 0.25) is 0 Å². The van der Waals surface area contributed by atoms with Crippen LogP contribution in [0.3, 0.4) is 0 Å². The molecule has 0 amide bonds. The van der Waals surface area contributed by atoms with Crippen molar-refractivity contribution >= 4 is 34.8 Å². The summed E-state index contributed by atoms with van der Waals surface area (Å²) in [6.45, 7) is 0. The summed E-state index contributed by atoms with van der Waals surface area (Å²) in [4.78, 5) is 33.3. The molecule has 0 aliphatic carbocycles. The molecule has 1 N–H and O–H groups in total. The van der Waals surface area contributed by atoms with E-state index in [2.05, 4.69) is 15.3 Å². The van der Waals surface area contributed by atoms with Crippen LogP contribution >= 0.6 is 0 Å². The number of amidine groups is 1. The number of aliphatic imine (C=N–C) groups is 2. The van der Waals surface area contributed by atoms with Crippen molar-refractivity contribution in [2.75, 3.05) is 0 Å². The summed E-state index contributed by atoms with van der Waals surface area (Å²) in [5.41, 5.74) is -0.0595. The number of Topliss-reactive ketones (excluding diaryl/α,β-unsaturated/α-hetero) is 2. The zero-order valence-electron chi connectivity index (χ0n) is 15.7. The van der Waals surface area contributed by atoms with Crippen LogP contribution in [0.25, 0.3) is 11.1 Å². The Labute approximate surface area is 173 Å². The first-order valence-corrected chi connectivity index (χ1v) is 9.08. The molecule has 0 fully saturated rings. The molecule has 0 spiro atoms. The van der Waals surface area contributed by atoms with Gasteiger partial charge in [0.25, 0.3) is 0 Å². The molecular weight excluding hydrogens is 414 g/mol. The first-order valence-electron chi connectivity index (χ1n) is 9.08. The fraction of sp³-hybridized carbons (Fsp3) is 0.0909. The van der Waals surface area contributed by atoms with Gasteiger partial charge >= 0.3 is 0 Å². The molecule has 2 aromatic rings. The Morgan fingerprint density at radius 2 is 1.68 bits per heavy atom. The predicted molar refractivity (Wildman–Crippen MR) is 106 cm³/mol. The van der Waals surface area contributed by atoms with Crippen LogP contribution < -0.4 is 5.32 Å². The minimum Gasteiger partial charge on any atom is -0.349 e. The smallest absolute Gasteiger partial charge is 0.195 e. The largest absolute Gasteiger partial charge is 0.349 e. The summed E-state index contributed by atoms with van der Waals surface area (Å²) >= 11 is 0. The Morgan fingerprint density at radius 1 is 0.935 bits per heavy atom. The van der Waals surface area contributed by atoms with Crippen molar-refractivity contribution in [1.82, 2.24) is 5.32 Å². The van der Waals surface area contributed by atoms with Gasteiger partial charge in [0.2, 0.25) is 0 Å². The van der Waals surface area contributed by atoms with E-state index in [9.17, 15) is 27.2 Å². The van der Waals surface area contributed by atoms with Crippen molar-refractivity contribution in [1.29, 1.82) is 0 Å². The lowest BCUT2D eigenvalue weighted by atomic mass is 9.96. The van der Waals surface area contributed by atoms with Crippen LogP contribution in [-0.2, 0) is 9.59 Å². The van der Waals surface area contributed by atoms with E-state index in [-0.39, 0.29) is 34.5 Å². The number of halogens is 4. The van der Waals surface area contributed by atoms with Gasteiger partial charge in [0, 0.05) is 47.5 Å². The van der Waals surface area contributed by atoms with Crippen LogP contribution in [0.15, 0.2) is 58.8 Å². The lowest BCUT2D eigenvalue weighted by Crippen LogP contribution is -2.32. The lowest BCUT2D eigenvalue weighted by molar-refractivity contribution is -0.114. The van der Waals surface area contributed by atoms with Crippen LogP contribution in [0.4, 0.5) is 17.6 Å². The molecule has 1 unspecified atom stereocenters. The maximum absolute atomic E-state index is 14.1. The van der Waals surface area contributed by atoms with Crippen LogP contribution in [0, 0.1) is 23.3 Å². The third-order valence-electron chi connectivity index (χ3n) is 4.67. The van der Waals surface area contributed by atoms with Gasteiger partial charge in [0.05, 0.1) is 6.42 Å². The number of carbonyl (C=O) groups is 2. The van der Waals surface area contributed by atoms with E-state index in [0.717, 1.165) is 30.5 Å². The standard InChI is InChI=1S/C22H13F4N3O2/c23-12-1-2-15(18(26)6-12)17-8-27-10-19(22(17)31)29-21-7-20(30)16(9-28-21)11-3-13(24)5-14(25)4-11/h1-6,8-10,19H,7H2,(H,28,29). The molecule has 2 aliphatic rings. The highest BCUT2D eigenvalue weighted by Crippen LogP contribution is 2.25. The number of hydrogen-bond donors (Lipinski definition) is 1. The molecule has 0 saturated heterocycles. The van der Waals surface area contributed by atoms with Gasteiger partial charge in [-0.1, -0.05) is 0 Å². The van der Waals surface area contributed by atoms with Crippen molar-refractivity contribution < 1.29 is 27.2 Å². The molecule has 2 heterocycles. The summed E-state index contributed by atoms with van der Waals surface area (Å²) in [5, 5.41) is 2.74. The van der Waals surface area contributed by atoms with Crippen molar-refractivity contribution in [2.24, 2.45) is 9.98 Å². The third-order valence-corrected chi connectivity index (χ3v) is 4.67. The number of ketones is 2. The number of hydrogen-bond acceptors (Lipinski definition) is 4. The highest BCUT2D eigenvalue weighted by molar-refractivity contribution is 6.31. The summed E-state index contributed by atoms with van der Waals surface area (Å²) < 4.78 is 54.1. The zero-order chi connectivity index (χ0) is 22.1. The average molecular weight is 427 g/mol. The minimum absolute atomic E-state index is 0.0648. The molecule has 0 bridgehead atoms. The van der Waals surface area contributed by atoms with Crippen LogP contribution in [0.5, 0.6) is 0 Å². The predicted octanol–water partition coefficient (Wildman–Crippen LogP) is 3.61. The summed E-state index contributed by atoms with van der Waals surface area (Å²) in [6.07, 6.45) is 3.39. The van der Waals surface area contributed by atoms with Crippen LogP contribution in [0.1, 0.15) is 17.5 Å². The van der Waals surface area contributed by atoms with E-state index in [1.165, 1.54) is 12.4 Å². The Bertz CT molecular complexity index is 1210. The molecule has 5 nitrogen and oxygen atoms in total. The molecule has 2 aliphatic heterocycles. The van der Waals surface area contributed by atoms with E-state index >= 15 is 0 Å². The Balaban J connectivity index is 1.57. The molecule has 31 heavy (non-hydrogen) atoms. The fourth-order valence-corrected chi connectivity index (χ4v) is 3.23. The topological polar surface area (TPSA) is 70.9 Å². The number of allylic oxidation sites excluding steroid dienone is 1. The van der Waals surface area contributed by atoms with Gasteiger partial charge in [-0.3, -0.25) is 19.6 Å². The molecule has 0 radical (unpaired) electrons. The van der Waals surface area contributed by atoms with Gasteiger partial charge in [-0.2, -0.15) is 0 Å². The zero-order valence-corrected chi connectivity index (χ0v) is 15.7. The highest BCUT2D eigenvalue weighted by atomic mass is 19.1. The number of benzene rings is 2. The monoisotopic (exact) mass is 427 g/mol. The van der Waals surface area contributed by atoms with Crippen molar-refractivity contribution in [3.05, 3.63) is 83.2 Å². The van der Waals surface area contributed by atoms with Gasteiger partial charge in [0.1, 0.15) is 35.1 Å². The molecule has 156 valence electrons. The highest BCUT2D eigenvalue weighted by Gasteiger charge is 2.28. The molecule has 0 saturated carbocycles. The van der Waals surface area contributed by atoms with E-state index in [1.54, 1.807) is 0 Å². The van der Waals surface area contributed by atoms with Crippen molar-refractivity contribution in [3.8, 4) is 0 Å². The maximum atomic E-state index is 14.1. The van der Waals surface area contributed by atoms with E-state index in [1.807, 2.05) is 0 Å². The van der Waals surface area contributed by atoms with E-state index < -0.39 is 40.9 Å².